The molecule has 0 bridgehead atoms. The third kappa shape index (κ3) is 7.09. The quantitative estimate of drug-likeness (QED) is 0.747. The van der Waals surface area contributed by atoms with Crippen molar-refractivity contribution in [1.82, 2.24) is 4.90 Å². The molecular weight excluding hydrogens is 252 g/mol. The molecule has 3 atom stereocenters. The Balaban J connectivity index is 2.23. The van der Waals surface area contributed by atoms with Gasteiger partial charge in [-0.2, -0.15) is 0 Å². The van der Waals surface area contributed by atoms with Gasteiger partial charge in [0, 0.05) is 23.5 Å². The van der Waals surface area contributed by atoms with E-state index < -0.39 is 0 Å². The lowest BCUT2D eigenvalue weighted by Gasteiger charge is -2.27. The molecule has 0 aromatic carbocycles. The first-order valence-electron chi connectivity index (χ1n) is 7.47. The van der Waals surface area contributed by atoms with E-state index >= 15 is 0 Å². The van der Waals surface area contributed by atoms with Crippen molar-refractivity contribution >= 4 is 11.3 Å². The number of thiophene rings is 1. The maximum Gasteiger partial charge on any atom is 0.0112 e. The van der Waals surface area contributed by atoms with Crippen LogP contribution in [-0.4, -0.2) is 30.6 Å². The van der Waals surface area contributed by atoms with Crippen molar-refractivity contribution in [3.63, 3.8) is 0 Å². The number of hydrogen-bond acceptors (Lipinski definition) is 3. The molecule has 19 heavy (non-hydrogen) atoms. The predicted octanol–water partition coefficient (Wildman–Crippen LogP) is 3.76. The molecule has 0 aliphatic rings. The van der Waals surface area contributed by atoms with Gasteiger partial charge in [0.15, 0.2) is 0 Å². The molecule has 3 unspecified atom stereocenters. The second kappa shape index (κ2) is 8.72. The van der Waals surface area contributed by atoms with Crippen LogP contribution in [0.4, 0.5) is 0 Å². The fraction of sp³-hybridized carbons (Fsp3) is 0.750. The Kier molecular flexibility index (Phi) is 7.66. The van der Waals surface area contributed by atoms with Crippen molar-refractivity contribution < 1.29 is 0 Å². The van der Waals surface area contributed by atoms with Gasteiger partial charge in [0.1, 0.15) is 0 Å². The van der Waals surface area contributed by atoms with Crippen LogP contribution in [0.25, 0.3) is 0 Å². The van der Waals surface area contributed by atoms with Crippen LogP contribution in [0.1, 0.15) is 44.9 Å². The van der Waals surface area contributed by atoms with Gasteiger partial charge < -0.3 is 10.6 Å². The molecule has 0 saturated heterocycles. The van der Waals surface area contributed by atoms with E-state index in [1.807, 2.05) is 11.3 Å². The Morgan fingerprint density at radius 2 is 2.00 bits per heavy atom. The molecule has 2 nitrogen and oxygen atoms in total. The van der Waals surface area contributed by atoms with E-state index in [0.29, 0.717) is 12.1 Å². The summed E-state index contributed by atoms with van der Waals surface area (Å²) in [4.78, 5) is 3.99. The van der Waals surface area contributed by atoms with Gasteiger partial charge in [-0.25, -0.2) is 0 Å². The van der Waals surface area contributed by atoms with E-state index in [1.54, 1.807) is 0 Å². The number of nitrogens with two attached hydrogens (primary N) is 1. The highest BCUT2D eigenvalue weighted by Crippen LogP contribution is 2.16. The van der Waals surface area contributed by atoms with Gasteiger partial charge in [-0.3, -0.25) is 0 Å². The third-order valence-corrected chi connectivity index (χ3v) is 4.68. The third-order valence-electron chi connectivity index (χ3n) is 3.79. The van der Waals surface area contributed by atoms with Gasteiger partial charge >= 0.3 is 0 Å². The van der Waals surface area contributed by atoms with Crippen LogP contribution in [-0.2, 0) is 6.42 Å². The lowest BCUT2D eigenvalue weighted by molar-refractivity contribution is 0.217. The first-order valence-corrected chi connectivity index (χ1v) is 8.35. The summed E-state index contributed by atoms with van der Waals surface area (Å²) in [7, 11) is 2.25. The van der Waals surface area contributed by atoms with Crippen molar-refractivity contribution in [2.75, 3.05) is 13.6 Å². The van der Waals surface area contributed by atoms with Gasteiger partial charge in [-0.15, -0.1) is 11.3 Å². The van der Waals surface area contributed by atoms with Crippen molar-refractivity contribution in [2.24, 2.45) is 11.7 Å². The molecule has 1 aromatic heterocycles. The molecule has 0 amide bonds. The summed E-state index contributed by atoms with van der Waals surface area (Å²) in [5, 5.41) is 2.17. The van der Waals surface area contributed by atoms with Crippen LogP contribution in [0.3, 0.4) is 0 Å². The predicted molar refractivity (Wildman–Crippen MR) is 86.8 cm³/mol. The summed E-state index contributed by atoms with van der Waals surface area (Å²) in [6, 6.07) is 5.35. The van der Waals surface area contributed by atoms with Crippen molar-refractivity contribution in [1.29, 1.82) is 0 Å². The molecule has 1 heterocycles. The highest BCUT2D eigenvalue weighted by Gasteiger charge is 2.13. The lowest BCUT2D eigenvalue weighted by atomic mass is 10.0. The first kappa shape index (κ1) is 16.7. The lowest BCUT2D eigenvalue weighted by Crippen LogP contribution is -2.34. The highest BCUT2D eigenvalue weighted by molar-refractivity contribution is 7.09. The fourth-order valence-electron chi connectivity index (χ4n) is 2.43. The normalized spacial score (nSPS) is 16.5. The van der Waals surface area contributed by atoms with Crippen LogP contribution < -0.4 is 5.73 Å². The average molecular weight is 282 g/mol. The zero-order valence-corrected chi connectivity index (χ0v) is 13.7. The van der Waals surface area contributed by atoms with Gasteiger partial charge in [0.05, 0.1) is 0 Å². The van der Waals surface area contributed by atoms with Crippen LogP contribution in [0.5, 0.6) is 0 Å². The number of hydrogen-bond donors (Lipinski definition) is 1. The Labute approximate surface area is 123 Å². The monoisotopic (exact) mass is 282 g/mol. The van der Waals surface area contributed by atoms with Gasteiger partial charge in [-0.05, 0) is 57.5 Å². The molecule has 0 aliphatic carbocycles. The summed E-state index contributed by atoms with van der Waals surface area (Å²) < 4.78 is 0. The zero-order valence-electron chi connectivity index (χ0n) is 12.9. The Bertz CT molecular complexity index is 321. The SMILES string of the molecule is CC(N)CCCC(C)CN(C)C(C)Cc1cccs1. The zero-order chi connectivity index (χ0) is 14.3. The van der Waals surface area contributed by atoms with E-state index in [-0.39, 0.29) is 0 Å². The van der Waals surface area contributed by atoms with E-state index in [1.165, 1.54) is 30.7 Å². The summed E-state index contributed by atoms with van der Waals surface area (Å²) >= 11 is 1.86. The number of nitrogens with zero attached hydrogens (tertiary/aromatic N) is 1. The Hall–Kier alpha value is -0.380. The van der Waals surface area contributed by atoms with Gasteiger partial charge in [0.2, 0.25) is 0 Å². The van der Waals surface area contributed by atoms with E-state index in [2.05, 4.69) is 50.2 Å². The van der Waals surface area contributed by atoms with Crippen LogP contribution in [0.15, 0.2) is 17.5 Å². The molecule has 1 aromatic rings. The van der Waals surface area contributed by atoms with Crippen molar-refractivity contribution in [3.05, 3.63) is 22.4 Å². The molecule has 0 radical (unpaired) electrons. The maximum absolute atomic E-state index is 5.79. The van der Waals surface area contributed by atoms with E-state index in [4.69, 9.17) is 5.73 Å². The standard InChI is InChI=1S/C16H30N2S/c1-13(7-5-8-14(2)17)12-18(4)15(3)11-16-9-6-10-19-16/h6,9-10,13-15H,5,7-8,11-12,17H2,1-4H3. The van der Waals surface area contributed by atoms with Crippen molar-refractivity contribution in [3.8, 4) is 0 Å². The fourth-order valence-corrected chi connectivity index (χ4v) is 3.25. The van der Waals surface area contributed by atoms with Gasteiger partial charge in [-0.1, -0.05) is 19.4 Å². The number of rotatable bonds is 9. The molecule has 1 rings (SSSR count). The summed E-state index contributed by atoms with van der Waals surface area (Å²) in [5.41, 5.74) is 5.79. The molecule has 0 aliphatic heterocycles. The Morgan fingerprint density at radius 1 is 1.26 bits per heavy atom. The van der Waals surface area contributed by atoms with E-state index in [0.717, 1.165) is 12.3 Å². The van der Waals surface area contributed by atoms with Crippen molar-refractivity contribution in [2.45, 2.75) is 58.5 Å². The molecule has 3 heteroatoms. The minimum absolute atomic E-state index is 0.350. The first-order chi connectivity index (χ1) is 8.99. The highest BCUT2D eigenvalue weighted by atomic mass is 32.1. The second-order valence-corrected chi connectivity index (χ2v) is 7.12. The molecular formula is C16H30N2S. The van der Waals surface area contributed by atoms with Crippen LogP contribution in [0.2, 0.25) is 0 Å². The summed E-state index contributed by atoms with van der Waals surface area (Å²) in [6.45, 7) is 7.97. The molecule has 0 saturated carbocycles. The molecule has 110 valence electrons. The largest absolute Gasteiger partial charge is 0.328 e. The van der Waals surface area contributed by atoms with Gasteiger partial charge in [0.25, 0.3) is 0 Å². The smallest absolute Gasteiger partial charge is 0.0112 e. The molecule has 2 N–H and O–H groups in total. The van der Waals surface area contributed by atoms with Crippen LogP contribution >= 0.6 is 11.3 Å². The molecule has 0 fully saturated rings. The minimum Gasteiger partial charge on any atom is -0.328 e. The maximum atomic E-state index is 5.79. The topological polar surface area (TPSA) is 29.3 Å². The average Bonchev–Trinajstić information content (AvgIpc) is 2.81. The second-order valence-electron chi connectivity index (χ2n) is 6.09. The number of likely N-dealkylation sites (N-methyl/N-ethyl adjacent to an activating group) is 1. The summed E-state index contributed by atoms with van der Waals surface area (Å²) in [6.07, 6.45) is 4.86. The molecule has 0 spiro atoms. The minimum atomic E-state index is 0.350. The Morgan fingerprint density at radius 3 is 2.58 bits per heavy atom. The van der Waals surface area contributed by atoms with Crippen LogP contribution in [0, 0.1) is 5.92 Å². The summed E-state index contributed by atoms with van der Waals surface area (Å²) in [5.74, 6) is 0.759. The van der Waals surface area contributed by atoms with E-state index in [9.17, 15) is 0 Å².